The third kappa shape index (κ3) is 1.66. The molecular formula is C9H10N2O3. The zero-order valence-corrected chi connectivity index (χ0v) is 7.73. The number of methoxy groups -OCH3 is 1. The Balaban J connectivity index is 2.40. The van der Waals surface area contributed by atoms with Gasteiger partial charge in [-0.3, -0.25) is 0 Å². The van der Waals surface area contributed by atoms with Crippen LogP contribution in [-0.2, 0) is 0 Å². The van der Waals surface area contributed by atoms with E-state index in [9.17, 15) is 4.79 Å². The van der Waals surface area contributed by atoms with Gasteiger partial charge in [-0.2, -0.15) is 9.97 Å². The maximum Gasteiger partial charge on any atom is 0.354 e. The number of nitrogens with zero attached hydrogens (tertiary/aromatic N) is 2. The summed E-state index contributed by atoms with van der Waals surface area (Å²) in [5.41, 5.74) is 0.771. The quantitative estimate of drug-likeness (QED) is 0.778. The van der Waals surface area contributed by atoms with Gasteiger partial charge in [-0.1, -0.05) is 0 Å². The molecule has 0 amide bonds. The van der Waals surface area contributed by atoms with Crippen molar-refractivity contribution in [3.8, 4) is 6.01 Å². The number of hydrogen-bond acceptors (Lipinski definition) is 4. The minimum Gasteiger partial charge on any atom is -0.477 e. The second-order valence-electron chi connectivity index (χ2n) is 3.24. The van der Waals surface area contributed by atoms with Crippen LogP contribution >= 0.6 is 0 Å². The van der Waals surface area contributed by atoms with Crippen molar-refractivity contribution in [2.75, 3.05) is 7.11 Å². The van der Waals surface area contributed by atoms with Crippen molar-refractivity contribution in [3.05, 3.63) is 17.5 Å². The Kier molecular flexibility index (Phi) is 2.07. The van der Waals surface area contributed by atoms with Gasteiger partial charge in [0.1, 0.15) is 0 Å². The van der Waals surface area contributed by atoms with Crippen LogP contribution in [0.25, 0.3) is 0 Å². The number of aromatic carboxylic acids is 1. The first-order valence-electron chi connectivity index (χ1n) is 4.37. The molecule has 1 aliphatic rings. The zero-order chi connectivity index (χ0) is 10.1. The number of rotatable bonds is 3. The molecule has 0 spiro atoms. The van der Waals surface area contributed by atoms with E-state index >= 15 is 0 Å². The molecule has 0 radical (unpaired) electrons. The van der Waals surface area contributed by atoms with Crippen molar-refractivity contribution in [3.63, 3.8) is 0 Å². The van der Waals surface area contributed by atoms with E-state index in [2.05, 4.69) is 9.97 Å². The number of carboxylic acids is 1. The fraction of sp³-hybridized carbons (Fsp3) is 0.444. The predicted molar refractivity (Wildman–Crippen MR) is 47.5 cm³/mol. The molecule has 1 heterocycles. The average molecular weight is 194 g/mol. The Hall–Kier alpha value is -1.65. The van der Waals surface area contributed by atoms with E-state index in [1.54, 1.807) is 0 Å². The summed E-state index contributed by atoms with van der Waals surface area (Å²) < 4.78 is 4.84. The fourth-order valence-corrected chi connectivity index (χ4v) is 1.23. The van der Waals surface area contributed by atoms with E-state index in [1.807, 2.05) is 0 Å². The van der Waals surface area contributed by atoms with Crippen LogP contribution in [0.1, 0.15) is 34.9 Å². The Bertz CT molecular complexity index is 374. The van der Waals surface area contributed by atoms with Gasteiger partial charge in [0.25, 0.3) is 0 Å². The summed E-state index contributed by atoms with van der Waals surface area (Å²) >= 11 is 0. The molecule has 74 valence electrons. The van der Waals surface area contributed by atoms with Gasteiger partial charge in [-0.05, 0) is 18.9 Å². The topological polar surface area (TPSA) is 72.3 Å². The predicted octanol–water partition coefficient (Wildman–Crippen LogP) is 1.06. The molecule has 0 bridgehead atoms. The third-order valence-electron chi connectivity index (χ3n) is 2.12. The first kappa shape index (κ1) is 8.93. The van der Waals surface area contributed by atoms with Gasteiger partial charge in [0, 0.05) is 5.92 Å². The highest BCUT2D eigenvalue weighted by Gasteiger charge is 2.27. The molecule has 1 aliphatic carbocycles. The van der Waals surface area contributed by atoms with Crippen LogP contribution in [0.2, 0.25) is 0 Å². The lowest BCUT2D eigenvalue weighted by molar-refractivity contribution is 0.0689. The summed E-state index contributed by atoms with van der Waals surface area (Å²) in [6.45, 7) is 0. The van der Waals surface area contributed by atoms with E-state index in [-0.39, 0.29) is 11.7 Å². The van der Waals surface area contributed by atoms with E-state index in [4.69, 9.17) is 9.84 Å². The lowest BCUT2D eigenvalue weighted by atomic mass is 10.2. The van der Waals surface area contributed by atoms with E-state index in [0.717, 1.165) is 18.5 Å². The molecule has 0 atom stereocenters. The highest BCUT2D eigenvalue weighted by atomic mass is 16.5. The van der Waals surface area contributed by atoms with Crippen molar-refractivity contribution in [2.24, 2.45) is 0 Å². The van der Waals surface area contributed by atoms with Crippen LogP contribution in [0, 0.1) is 0 Å². The fourth-order valence-electron chi connectivity index (χ4n) is 1.23. The molecular weight excluding hydrogens is 184 g/mol. The number of carboxylic acid groups (broad SMARTS) is 1. The molecule has 1 aromatic heterocycles. The van der Waals surface area contributed by atoms with E-state index < -0.39 is 5.97 Å². The SMILES string of the molecule is COc1nc(C(=O)O)cc(C2CC2)n1. The molecule has 0 saturated heterocycles. The van der Waals surface area contributed by atoms with Crippen molar-refractivity contribution >= 4 is 5.97 Å². The number of hydrogen-bond donors (Lipinski definition) is 1. The first-order valence-corrected chi connectivity index (χ1v) is 4.37. The summed E-state index contributed by atoms with van der Waals surface area (Å²) in [7, 11) is 1.43. The second-order valence-corrected chi connectivity index (χ2v) is 3.24. The monoisotopic (exact) mass is 194 g/mol. The van der Waals surface area contributed by atoms with Crippen LogP contribution < -0.4 is 4.74 Å². The molecule has 1 fully saturated rings. The van der Waals surface area contributed by atoms with Gasteiger partial charge in [-0.25, -0.2) is 4.79 Å². The zero-order valence-electron chi connectivity index (χ0n) is 7.73. The van der Waals surface area contributed by atoms with Gasteiger partial charge in [0.05, 0.1) is 12.8 Å². The van der Waals surface area contributed by atoms with Crippen LogP contribution in [0.3, 0.4) is 0 Å². The van der Waals surface area contributed by atoms with Crippen LogP contribution in [0.5, 0.6) is 6.01 Å². The highest BCUT2D eigenvalue weighted by molar-refractivity contribution is 5.85. The molecule has 14 heavy (non-hydrogen) atoms. The van der Waals surface area contributed by atoms with Crippen LogP contribution in [0.15, 0.2) is 6.07 Å². The molecule has 0 aliphatic heterocycles. The summed E-state index contributed by atoms with van der Waals surface area (Å²) in [6.07, 6.45) is 2.14. The molecule has 1 N–H and O–H groups in total. The highest BCUT2D eigenvalue weighted by Crippen LogP contribution is 2.39. The Labute approximate surface area is 80.8 Å². The number of carbonyl (C=O) groups is 1. The van der Waals surface area contributed by atoms with E-state index in [0.29, 0.717) is 5.92 Å². The minimum absolute atomic E-state index is 0.00116. The second kappa shape index (κ2) is 3.25. The molecule has 0 unspecified atom stereocenters. The van der Waals surface area contributed by atoms with Crippen LogP contribution in [-0.4, -0.2) is 28.2 Å². The summed E-state index contributed by atoms with van der Waals surface area (Å²) in [5, 5.41) is 8.79. The lowest BCUT2D eigenvalue weighted by Crippen LogP contribution is -2.05. The third-order valence-corrected chi connectivity index (χ3v) is 2.12. The maximum atomic E-state index is 10.7. The largest absolute Gasteiger partial charge is 0.477 e. The lowest BCUT2D eigenvalue weighted by Gasteiger charge is -2.02. The standard InChI is InChI=1S/C9H10N2O3/c1-14-9-10-6(5-2-3-5)4-7(11-9)8(12)13/h4-5H,2-3H2,1H3,(H,12,13). The Morgan fingerprint density at radius 3 is 2.79 bits per heavy atom. The summed E-state index contributed by atoms with van der Waals surface area (Å²) in [5.74, 6) is -0.655. The van der Waals surface area contributed by atoms with Gasteiger partial charge in [-0.15, -0.1) is 0 Å². The summed E-state index contributed by atoms with van der Waals surface area (Å²) in [6, 6.07) is 1.65. The van der Waals surface area contributed by atoms with Crippen molar-refractivity contribution in [1.29, 1.82) is 0 Å². The van der Waals surface area contributed by atoms with Crippen molar-refractivity contribution in [2.45, 2.75) is 18.8 Å². The molecule has 5 heteroatoms. The normalized spacial score (nSPS) is 15.2. The Morgan fingerprint density at radius 1 is 1.57 bits per heavy atom. The van der Waals surface area contributed by atoms with Crippen molar-refractivity contribution < 1.29 is 14.6 Å². The molecule has 1 saturated carbocycles. The smallest absolute Gasteiger partial charge is 0.354 e. The van der Waals surface area contributed by atoms with Gasteiger partial charge >= 0.3 is 12.0 Å². The summed E-state index contributed by atoms with van der Waals surface area (Å²) in [4.78, 5) is 18.5. The molecule has 0 aromatic carbocycles. The number of aromatic nitrogens is 2. The van der Waals surface area contributed by atoms with Crippen LogP contribution in [0.4, 0.5) is 0 Å². The maximum absolute atomic E-state index is 10.7. The van der Waals surface area contributed by atoms with Gasteiger partial charge < -0.3 is 9.84 Å². The average Bonchev–Trinajstić information content (AvgIpc) is 3.00. The Morgan fingerprint density at radius 2 is 2.29 bits per heavy atom. The van der Waals surface area contributed by atoms with Gasteiger partial charge in [0.2, 0.25) is 0 Å². The number of ether oxygens (including phenoxy) is 1. The van der Waals surface area contributed by atoms with E-state index in [1.165, 1.54) is 13.2 Å². The molecule has 2 rings (SSSR count). The van der Waals surface area contributed by atoms with Crippen molar-refractivity contribution in [1.82, 2.24) is 9.97 Å². The minimum atomic E-state index is -1.05. The van der Waals surface area contributed by atoms with Gasteiger partial charge in [0.15, 0.2) is 5.69 Å². The molecule has 1 aromatic rings. The molecule has 5 nitrogen and oxygen atoms in total. The first-order chi connectivity index (χ1) is 6.70.